The first-order chi connectivity index (χ1) is 6.45. The molecule has 0 aliphatic heterocycles. The van der Waals surface area contributed by atoms with Crippen molar-refractivity contribution in [3.8, 4) is 0 Å². The minimum atomic E-state index is 0.356. The standard InChI is InChI=1S/C12H27NO/c1-5-14-10-6-7-11(13)8-9-12(2,3)4/h11H,5-10,13H2,1-4H3. The van der Waals surface area contributed by atoms with Crippen molar-refractivity contribution in [1.82, 2.24) is 0 Å². The summed E-state index contributed by atoms with van der Waals surface area (Å²) in [5.41, 5.74) is 6.42. The van der Waals surface area contributed by atoms with Crippen LogP contribution in [0.4, 0.5) is 0 Å². The lowest BCUT2D eigenvalue weighted by atomic mass is 9.88. The van der Waals surface area contributed by atoms with Gasteiger partial charge in [0.25, 0.3) is 0 Å². The van der Waals surface area contributed by atoms with Gasteiger partial charge in [-0.25, -0.2) is 0 Å². The third kappa shape index (κ3) is 10.0. The zero-order chi connectivity index (χ0) is 11.0. The van der Waals surface area contributed by atoms with Crippen LogP contribution in [-0.2, 0) is 4.74 Å². The summed E-state index contributed by atoms with van der Waals surface area (Å²) in [7, 11) is 0. The number of ether oxygens (including phenoxy) is 1. The van der Waals surface area contributed by atoms with Gasteiger partial charge in [0, 0.05) is 19.3 Å². The maximum Gasteiger partial charge on any atom is 0.0466 e. The van der Waals surface area contributed by atoms with E-state index in [1.807, 2.05) is 6.92 Å². The van der Waals surface area contributed by atoms with Gasteiger partial charge < -0.3 is 10.5 Å². The van der Waals surface area contributed by atoms with Crippen molar-refractivity contribution in [3.05, 3.63) is 0 Å². The molecule has 0 spiro atoms. The second-order valence-corrected chi connectivity index (χ2v) is 5.20. The predicted molar refractivity (Wildman–Crippen MR) is 62.4 cm³/mol. The molecule has 0 rings (SSSR count). The first-order valence-corrected chi connectivity index (χ1v) is 5.79. The van der Waals surface area contributed by atoms with Gasteiger partial charge in [0.15, 0.2) is 0 Å². The minimum absolute atomic E-state index is 0.356. The van der Waals surface area contributed by atoms with Crippen LogP contribution in [0.25, 0.3) is 0 Å². The third-order valence-electron chi connectivity index (χ3n) is 2.33. The van der Waals surface area contributed by atoms with Crippen molar-refractivity contribution in [3.63, 3.8) is 0 Å². The van der Waals surface area contributed by atoms with Gasteiger partial charge in [-0.3, -0.25) is 0 Å². The Hall–Kier alpha value is -0.0800. The highest BCUT2D eigenvalue weighted by molar-refractivity contribution is 4.68. The van der Waals surface area contributed by atoms with Crippen molar-refractivity contribution in [2.45, 2.75) is 59.4 Å². The minimum Gasteiger partial charge on any atom is -0.382 e. The zero-order valence-electron chi connectivity index (χ0n) is 10.3. The van der Waals surface area contributed by atoms with Gasteiger partial charge in [-0.05, 0) is 38.0 Å². The summed E-state index contributed by atoms with van der Waals surface area (Å²) in [6, 6.07) is 0.356. The van der Waals surface area contributed by atoms with Crippen molar-refractivity contribution >= 4 is 0 Å². The molecular weight excluding hydrogens is 174 g/mol. The molecule has 0 heterocycles. The van der Waals surface area contributed by atoms with Crippen LogP contribution in [0.2, 0.25) is 0 Å². The summed E-state index contributed by atoms with van der Waals surface area (Å²) >= 11 is 0. The Bertz CT molecular complexity index is 129. The van der Waals surface area contributed by atoms with E-state index in [1.165, 1.54) is 6.42 Å². The summed E-state index contributed by atoms with van der Waals surface area (Å²) in [5, 5.41) is 0. The fourth-order valence-corrected chi connectivity index (χ4v) is 1.35. The molecule has 2 N–H and O–H groups in total. The fourth-order valence-electron chi connectivity index (χ4n) is 1.35. The second-order valence-electron chi connectivity index (χ2n) is 5.20. The molecule has 0 aromatic carbocycles. The number of rotatable bonds is 7. The summed E-state index contributed by atoms with van der Waals surface area (Å²) in [4.78, 5) is 0. The Labute approximate surface area is 89.2 Å². The molecule has 0 amide bonds. The Kier molecular flexibility index (Phi) is 7.20. The highest BCUT2D eigenvalue weighted by Gasteiger charge is 2.12. The largest absolute Gasteiger partial charge is 0.382 e. The maximum atomic E-state index is 6.01. The second kappa shape index (κ2) is 7.24. The quantitative estimate of drug-likeness (QED) is 0.643. The Balaban J connectivity index is 3.32. The van der Waals surface area contributed by atoms with Crippen molar-refractivity contribution in [1.29, 1.82) is 0 Å². The van der Waals surface area contributed by atoms with Crippen LogP contribution in [-0.4, -0.2) is 19.3 Å². The molecule has 1 unspecified atom stereocenters. The monoisotopic (exact) mass is 201 g/mol. The van der Waals surface area contributed by atoms with E-state index in [1.54, 1.807) is 0 Å². The summed E-state index contributed by atoms with van der Waals surface area (Å²) in [5.74, 6) is 0. The molecule has 14 heavy (non-hydrogen) atoms. The van der Waals surface area contributed by atoms with Crippen LogP contribution >= 0.6 is 0 Å². The number of hydrogen-bond donors (Lipinski definition) is 1. The van der Waals surface area contributed by atoms with E-state index in [4.69, 9.17) is 10.5 Å². The smallest absolute Gasteiger partial charge is 0.0466 e. The molecule has 0 aliphatic rings. The first kappa shape index (κ1) is 13.9. The van der Waals surface area contributed by atoms with Crippen LogP contribution in [0.5, 0.6) is 0 Å². The van der Waals surface area contributed by atoms with Crippen LogP contribution in [0.3, 0.4) is 0 Å². The molecule has 1 atom stereocenters. The van der Waals surface area contributed by atoms with Gasteiger partial charge in [0.05, 0.1) is 0 Å². The highest BCUT2D eigenvalue weighted by atomic mass is 16.5. The maximum absolute atomic E-state index is 6.01. The van der Waals surface area contributed by atoms with E-state index < -0.39 is 0 Å². The van der Waals surface area contributed by atoms with E-state index in [0.29, 0.717) is 11.5 Å². The molecule has 0 bridgehead atoms. The highest BCUT2D eigenvalue weighted by Crippen LogP contribution is 2.21. The van der Waals surface area contributed by atoms with E-state index in [-0.39, 0.29) is 0 Å². The van der Waals surface area contributed by atoms with Crippen molar-refractivity contribution in [2.75, 3.05) is 13.2 Å². The summed E-state index contributed by atoms with van der Waals surface area (Å²) in [6.07, 6.45) is 4.54. The van der Waals surface area contributed by atoms with Crippen LogP contribution in [0.1, 0.15) is 53.4 Å². The Morgan fingerprint density at radius 1 is 1.21 bits per heavy atom. The van der Waals surface area contributed by atoms with Gasteiger partial charge in [-0.2, -0.15) is 0 Å². The van der Waals surface area contributed by atoms with Crippen molar-refractivity contribution < 1.29 is 4.74 Å². The molecule has 0 radical (unpaired) electrons. The zero-order valence-corrected chi connectivity index (χ0v) is 10.3. The summed E-state index contributed by atoms with van der Waals surface area (Å²) < 4.78 is 5.27. The average Bonchev–Trinajstić information content (AvgIpc) is 2.08. The van der Waals surface area contributed by atoms with E-state index in [9.17, 15) is 0 Å². The number of nitrogens with two attached hydrogens (primary N) is 1. The summed E-state index contributed by atoms with van der Waals surface area (Å²) in [6.45, 7) is 10.5. The average molecular weight is 201 g/mol. The van der Waals surface area contributed by atoms with Crippen LogP contribution in [0, 0.1) is 5.41 Å². The topological polar surface area (TPSA) is 35.2 Å². The van der Waals surface area contributed by atoms with E-state index >= 15 is 0 Å². The van der Waals surface area contributed by atoms with Gasteiger partial charge in [0.1, 0.15) is 0 Å². The molecule has 0 aromatic heterocycles. The lowest BCUT2D eigenvalue weighted by molar-refractivity contribution is 0.141. The lowest BCUT2D eigenvalue weighted by Gasteiger charge is -2.20. The van der Waals surface area contributed by atoms with Gasteiger partial charge in [-0.1, -0.05) is 20.8 Å². The van der Waals surface area contributed by atoms with Gasteiger partial charge in [-0.15, -0.1) is 0 Å². The molecule has 0 fully saturated rings. The molecule has 2 nitrogen and oxygen atoms in total. The molecule has 86 valence electrons. The third-order valence-corrected chi connectivity index (χ3v) is 2.33. The molecular formula is C12H27NO. The lowest BCUT2D eigenvalue weighted by Crippen LogP contribution is -2.22. The predicted octanol–water partition coefficient (Wildman–Crippen LogP) is 2.96. The van der Waals surface area contributed by atoms with Gasteiger partial charge >= 0.3 is 0 Å². The van der Waals surface area contributed by atoms with E-state index in [0.717, 1.165) is 32.5 Å². The van der Waals surface area contributed by atoms with Crippen LogP contribution < -0.4 is 5.73 Å². The normalized spacial score (nSPS) is 14.4. The fraction of sp³-hybridized carbons (Fsp3) is 1.00. The molecule has 2 heteroatoms. The number of hydrogen-bond acceptors (Lipinski definition) is 2. The van der Waals surface area contributed by atoms with Crippen LogP contribution in [0.15, 0.2) is 0 Å². The van der Waals surface area contributed by atoms with E-state index in [2.05, 4.69) is 20.8 Å². The molecule has 0 saturated heterocycles. The molecule has 0 saturated carbocycles. The van der Waals surface area contributed by atoms with Gasteiger partial charge in [0.2, 0.25) is 0 Å². The Morgan fingerprint density at radius 3 is 2.36 bits per heavy atom. The molecule has 0 aliphatic carbocycles. The Morgan fingerprint density at radius 2 is 1.86 bits per heavy atom. The van der Waals surface area contributed by atoms with Crippen molar-refractivity contribution in [2.24, 2.45) is 11.1 Å². The first-order valence-electron chi connectivity index (χ1n) is 5.79. The SMILES string of the molecule is CCOCCCC(N)CCC(C)(C)C. The molecule has 0 aromatic rings.